The second-order valence-electron chi connectivity index (χ2n) is 4.65. The maximum atomic E-state index is 6.20. The van der Waals surface area contributed by atoms with E-state index in [9.17, 15) is 0 Å². The first-order valence-electron chi connectivity index (χ1n) is 6.57. The van der Waals surface area contributed by atoms with Gasteiger partial charge in [-0.3, -0.25) is 0 Å². The van der Waals surface area contributed by atoms with Crippen LogP contribution in [0, 0.1) is 6.92 Å². The number of hydrogen-bond donors (Lipinski definition) is 2. The van der Waals surface area contributed by atoms with Crippen LogP contribution in [-0.2, 0) is 6.42 Å². The molecule has 2 heterocycles. The fraction of sp³-hybridized carbons (Fsp3) is 0.286. The molecular weight excluding hydrogens is 292 g/mol. The van der Waals surface area contributed by atoms with Crippen LogP contribution >= 0.6 is 11.6 Å². The van der Waals surface area contributed by atoms with Crippen LogP contribution in [0.15, 0.2) is 12.1 Å². The number of hydrogen-bond acceptors (Lipinski definition) is 6. The smallest absolute Gasteiger partial charge is 0.231 e. The number of nitrogen functional groups attached to an aromatic ring is 1. The van der Waals surface area contributed by atoms with E-state index in [4.69, 9.17) is 26.9 Å². The zero-order valence-corrected chi connectivity index (χ0v) is 12.5. The molecule has 0 fully saturated rings. The van der Waals surface area contributed by atoms with Crippen molar-refractivity contribution in [3.05, 3.63) is 28.4 Å². The van der Waals surface area contributed by atoms with Gasteiger partial charge in [-0.1, -0.05) is 18.5 Å². The number of nitrogens with one attached hydrogen (secondary N) is 1. The summed E-state index contributed by atoms with van der Waals surface area (Å²) in [7, 11) is 0. The van der Waals surface area contributed by atoms with Crippen molar-refractivity contribution in [2.75, 3.05) is 12.2 Å². The Kier molecular flexibility index (Phi) is 3.57. The molecule has 7 heteroatoms. The molecule has 21 heavy (non-hydrogen) atoms. The molecule has 0 bridgehead atoms. The highest BCUT2D eigenvalue weighted by molar-refractivity contribution is 6.32. The first-order valence-corrected chi connectivity index (χ1v) is 6.95. The summed E-state index contributed by atoms with van der Waals surface area (Å²) in [5.41, 5.74) is 5.25. The van der Waals surface area contributed by atoms with Crippen LogP contribution in [0.1, 0.15) is 18.2 Å². The van der Waals surface area contributed by atoms with Crippen molar-refractivity contribution in [3.63, 3.8) is 0 Å². The summed E-state index contributed by atoms with van der Waals surface area (Å²) < 4.78 is 10.7. The number of hydrazine groups is 1. The van der Waals surface area contributed by atoms with E-state index in [-0.39, 0.29) is 6.79 Å². The first-order chi connectivity index (χ1) is 10.1. The highest BCUT2D eigenvalue weighted by Crippen LogP contribution is 2.42. The molecule has 3 N–H and O–H groups in total. The number of rotatable bonds is 3. The van der Waals surface area contributed by atoms with Crippen molar-refractivity contribution in [1.82, 2.24) is 9.97 Å². The lowest BCUT2D eigenvalue weighted by Crippen LogP contribution is -2.13. The van der Waals surface area contributed by atoms with E-state index in [2.05, 4.69) is 15.4 Å². The van der Waals surface area contributed by atoms with Crippen molar-refractivity contribution in [1.29, 1.82) is 0 Å². The van der Waals surface area contributed by atoms with Crippen molar-refractivity contribution < 1.29 is 9.47 Å². The number of anilines is 1. The van der Waals surface area contributed by atoms with Gasteiger partial charge in [-0.05, 0) is 25.5 Å². The molecule has 1 aromatic carbocycles. The number of aryl methyl sites for hydroxylation is 1. The van der Waals surface area contributed by atoms with Gasteiger partial charge in [0.05, 0.1) is 5.02 Å². The highest BCUT2D eigenvalue weighted by atomic mass is 35.5. The Morgan fingerprint density at radius 3 is 2.86 bits per heavy atom. The molecule has 0 amide bonds. The lowest BCUT2D eigenvalue weighted by Gasteiger charge is -2.12. The molecule has 0 spiro atoms. The fourth-order valence-corrected chi connectivity index (χ4v) is 2.63. The van der Waals surface area contributed by atoms with Crippen molar-refractivity contribution in [2.24, 2.45) is 5.84 Å². The third-order valence-electron chi connectivity index (χ3n) is 3.39. The Morgan fingerprint density at radius 2 is 2.14 bits per heavy atom. The number of nitrogens with zero attached hydrogens (tertiary/aromatic N) is 2. The summed E-state index contributed by atoms with van der Waals surface area (Å²) in [6.07, 6.45) is 0.799. The van der Waals surface area contributed by atoms with Crippen LogP contribution < -0.4 is 20.7 Å². The molecule has 0 saturated carbocycles. The SMILES string of the molecule is CCc1c(C)nc(-c2cc(Cl)c3c(c2)OCO3)nc1NN. The van der Waals surface area contributed by atoms with Gasteiger partial charge in [0.1, 0.15) is 5.82 Å². The number of fused-ring (bicyclic) bond motifs is 1. The lowest BCUT2D eigenvalue weighted by atomic mass is 10.1. The van der Waals surface area contributed by atoms with Gasteiger partial charge in [-0.25, -0.2) is 15.8 Å². The predicted molar refractivity (Wildman–Crippen MR) is 80.5 cm³/mol. The highest BCUT2D eigenvalue weighted by Gasteiger charge is 2.20. The molecule has 3 rings (SSSR count). The summed E-state index contributed by atoms with van der Waals surface area (Å²) in [6.45, 7) is 4.13. The zero-order chi connectivity index (χ0) is 15.0. The number of ether oxygens (including phenoxy) is 2. The van der Waals surface area contributed by atoms with Gasteiger partial charge in [0, 0.05) is 16.8 Å². The Hall–Kier alpha value is -2.05. The molecule has 0 atom stereocenters. The van der Waals surface area contributed by atoms with Gasteiger partial charge in [0.25, 0.3) is 0 Å². The van der Waals surface area contributed by atoms with E-state index in [1.54, 1.807) is 6.07 Å². The molecule has 0 aliphatic carbocycles. The molecule has 1 aliphatic heterocycles. The molecule has 2 aromatic rings. The molecule has 6 nitrogen and oxygen atoms in total. The maximum absolute atomic E-state index is 6.20. The summed E-state index contributed by atoms with van der Waals surface area (Å²) in [5, 5.41) is 0.475. The van der Waals surface area contributed by atoms with Crippen molar-refractivity contribution >= 4 is 17.4 Å². The first kappa shape index (κ1) is 13.9. The predicted octanol–water partition coefficient (Wildman–Crippen LogP) is 2.68. The minimum atomic E-state index is 0.169. The molecule has 0 unspecified atom stereocenters. The third-order valence-corrected chi connectivity index (χ3v) is 3.67. The van der Waals surface area contributed by atoms with E-state index >= 15 is 0 Å². The number of halogens is 1. The largest absolute Gasteiger partial charge is 0.454 e. The van der Waals surface area contributed by atoms with E-state index in [0.717, 1.165) is 23.2 Å². The second-order valence-corrected chi connectivity index (χ2v) is 5.06. The Balaban J connectivity index is 2.13. The Morgan fingerprint density at radius 1 is 1.33 bits per heavy atom. The monoisotopic (exact) mass is 306 g/mol. The quantitative estimate of drug-likeness (QED) is 0.670. The van der Waals surface area contributed by atoms with Crippen molar-refractivity contribution in [3.8, 4) is 22.9 Å². The summed E-state index contributed by atoms with van der Waals surface area (Å²) >= 11 is 6.20. The van der Waals surface area contributed by atoms with Crippen LogP contribution in [0.25, 0.3) is 11.4 Å². The normalized spacial score (nSPS) is 12.6. The summed E-state index contributed by atoms with van der Waals surface area (Å²) in [6, 6.07) is 3.57. The average Bonchev–Trinajstić information content (AvgIpc) is 2.95. The van der Waals surface area contributed by atoms with E-state index in [1.165, 1.54) is 0 Å². The Bertz CT molecular complexity index is 706. The Labute approximate surface area is 127 Å². The minimum Gasteiger partial charge on any atom is -0.454 e. The van der Waals surface area contributed by atoms with Gasteiger partial charge < -0.3 is 14.9 Å². The van der Waals surface area contributed by atoms with Crippen LogP contribution in [0.5, 0.6) is 11.5 Å². The fourth-order valence-electron chi connectivity index (χ4n) is 2.36. The molecule has 1 aliphatic rings. The zero-order valence-electron chi connectivity index (χ0n) is 11.7. The molecular formula is C14H15ClN4O2. The summed E-state index contributed by atoms with van der Waals surface area (Å²) in [4.78, 5) is 8.99. The van der Waals surface area contributed by atoms with Gasteiger partial charge in [0.15, 0.2) is 17.3 Å². The van der Waals surface area contributed by atoms with Crippen LogP contribution in [0.3, 0.4) is 0 Å². The van der Waals surface area contributed by atoms with Gasteiger partial charge in [-0.2, -0.15) is 0 Å². The molecule has 110 valence electrons. The van der Waals surface area contributed by atoms with Crippen LogP contribution in [-0.4, -0.2) is 16.8 Å². The number of aromatic nitrogens is 2. The third kappa shape index (κ3) is 2.36. The van der Waals surface area contributed by atoms with E-state index < -0.39 is 0 Å². The topological polar surface area (TPSA) is 82.3 Å². The number of benzene rings is 1. The van der Waals surface area contributed by atoms with E-state index in [1.807, 2.05) is 19.9 Å². The minimum absolute atomic E-state index is 0.169. The van der Waals surface area contributed by atoms with Crippen LogP contribution in [0.4, 0.5) is 5.82 Å². The molecule has 1 aromatic heterocycles. The van der Waals surface area contributed by atoms with Crippen LogP contribution in [0.2, 0.25) is 5.02 Å². The molecule has 0 radical (unpaired) electrons. The van der Waals surface area contributed by atoms with Gasteiger partial charge >= 0.3 is 0 Å². The van der Waals surface area contributed by atoms with Crippen molar-refractivity contribution in [2.45, 2.75) is 20.3 Å². The van der Waals surface area contributed by atoms with E-state index in [0.29, 0.717) is 28.2 Å². The standard InChI is InChI=1S/C14H15ClN4O2/c1-3-9-7(2)17-13(18-14(9)19-16)8-4-10(15)12-11(5-8)20-6-21-12/h4-5H,3,6,16H2,1-2H3,(H,17,18,19). The second kappa shape index (κ2) is 5.38. The molecule has 0 saturated heterocycles. The van der Waals surface area contributed by atoms with Gasteiger partial charge in [0.2, 0.25) is 6.79 Å². The maximum Gasteiger partial charge on any atom is 0.231 e. The average molecular weight is 307 g/mol. The number of nitrogens with two attached hydrogens (primary N) is 1. The summed E-state index contributed by atoms with van der Waals surface area (Å²) in [5.74, 6) is 7.86. The lowest BCUT2D eigenvalue weighted by molar-refractivity contribution is 0.174. The van der Waals surface area contributed by atoms with Gasteiger partial charge in [-0.15, -0.1) is 0 Å².